The van der Waals surface area contributed by atoms with E-state index in [1.54, 1.807) is 4.90 Å². The number of azide groups is 1. The quantitative estimate of drug-likeness (QED) is 0.443. The number of rotatable bonds is 2. The monoisotopic (exact) mass is 282 g/mol. The molecule has 2 aliphatic rings. The third-order valence-corrected chi connectivity index (χ3v) is 3.95. The van der Waals surface area contributed by atoms with Crippen LogP contribution >= 0.6 is 0 Å². The highest BCUT2D eigenvalue weighted by Gasteiger charge is 2.49. The number of hydrogen-bond donors (Lipinski definition) is 0. The molecule has 2 aliphatic heterocycles. The summed E-state index contributed by atoms with van der Waals surface area (Å²) in [6, 6.07) is 0. The molecule has 1 amide bonds. The van der Waals surface area contributed by atoms with Crippen LogP contribution in [0.15, 0.2) is 5.11 Å². The van der Waals surface area contributed by atoms with Crippen LogP contribution < -0.4 is 0 Å². The van der Waals surface area contributed by atoms with Gasteiger partial charge in [0.15, 0.2) is 0 Å². The molecule has 112 valence electrons. The van der Waals surface area contributed by atoms with E-state index in [0.29, 0.717) is 26.2 Å². The van der Waals surface area contributed by atoms with Crippen molar-refractivity contribution in [2.24, 2.45) is 10.5 Å². The molecule has 0 aromatic carbocycles. The van der Waals surface area contributed by atoms with Crippen LogP contribution in [-0.4, -0.2) is 48.9 Å². The number of carbonyl (C=O) groups is 1. The van der Waals surface area contributed by atoms with Crippen LogP contribution in [-0.2, 0) is 9.47 Å². The first-order chi connectivity index (χ1) is 9.36. The highest BCUT2D eigenvalue weighted by molar-refractivity contribution is 5.68. The van der Waals surface area contributed by atoms with Gasteiger partial charge in [-0.05, 0) is 39.1 Å². The van der Waals surface area contributed by atoms with Gasteiger partial charge in [0, 0.05) is 30.0 Å². The van der Waals surface area contributed by atoms with Gasteiger partial charge in [0.25, 0.3) is 0 Å². The van der Waals surface area contributed by atoms with E-state index in [-0.39, 0.29) is 17.6 Å². The lowest BCUT2D eigenvalue weighted by Gasteiger charge is -2.29. The average Bonchev–Trinajstić information content (AvgIpc) is 2.93. The summed E-state index contributed by atoms with van der Waals surface area (Å²) in [5.41, 5.74) is 7.88. The van der Waals surface area contributed by atoms with Crippen molar-refractivity contribution in [3.05, 3.63) is 10.4 Å². The van der Waals surface area contributed by atoms with Gasteiger partial charge in [0.2, 0.25) is 0 Å². The molecule has 20 heavy (non-hydrogen) atoms. The van der Waals surface area contributed by atoms with Gasteiger partial charge < -0.3 is 14.4 Å². The summed E-state index contributed by atoms with van der Waals surface area (Å²) in [5, 5.41) is 3.62. The van der Waals surface area contributed by atoms with Crippen LogP contribution in [0.3, 0.4) is 0 Å². The molecule has 2 rings (SSSR count). The summed E-state index contributed by atoms with van der Waals surface area (Å²) in [4.78, 5) is 16.6. The summed E-state index contributed by atoms with van der Waals surface area (Å²) in [7, 11) is 0. The summed E-state index contributed by atoms with van der Waals surface area (Å²) >= 11 is 0. The van der Waals surface area contributed by atoms with Gasteiger partial charge >= 0.3 is 6.09 Å². The highest BCUT2D eigenvalue weighted by atomic mass is 16.6. The molecular formula is C13H22N4O3. The van der Waals surface area contributed by atoms with Crippen molar-refractivity contribution in [1.29, 1.82) is 0 Å². The van der Waals surface area contributed by atoms with Gasteiger partial charge in [0.1, 0.15) is 5.60 Å². The summed E-state index contributed by atoms with van der Waals surface area (Å²) < 4.78 is 11.1. The molecule has 2 saturated heterocycles. The SMILES string of the molecule is CC(C)(C)OC(=O)N1CCC2(CCOC2CN=[N+]=[N-])C1. The lowest BCUT2D eigenvalue weighted by Crippen LogP contribution is -2.40. The molecule has 2 unspecified atom stereocenters. The molecule has 0 aromatic rings. The Kier molecular flexibility index (Phi) is 4.11. The molecule has 2 fully saturated rings. The summed E-state index contributed by atoms with van der Waals surface area (Å²) in [5.74, 6) is 0. The van der Waals surface area contributed by atoms with Crippen molar-refractivity contribution < 1.29 is 14.3 Å². The lowest BCUT2D eigenvalue weighted by atomic mass is 9.80. The van der Waals surface area contributed by atoms with E-state index in [4.69, 9.17) is 15.0 Å². The number of amides is 1. The fourth-order valence-electron chi connectivity index (χ4n) is 2.94. The number of carbonyl (C=O) groups excluding carboxylic acids is 1. The van der Waals surface area contributed by atoms with Crippen LogP contribution in [0.2, 0.25) is 0 Å². The number of hydrogen-bond acceptors (Lipinski definition) is 4. The van der Waals surface area contributed by atoms with Crippen LogP contribution in [0.1, 0.15) is 33.6 Å². The molecule has 0 aromatic heterocycles. The van der Waals surface area contributed by atoms with Crippen LogP contribution in [0.25, 0.3) is 10.4 Å². The fourth-order valence-corrected chi connectivity index (χ4v) is 2.94. The predicted octanol–water partition coefficient (Wildman–Crippen LogP) is 2.71. The minimum absolute atomic E-state index is 0.0783. The Morgan fingerprint density at radius 3 is 2.95 bits per heavy atom. The molecular weight excluding hydrogens is 260 g/mol. The number of likely N-dealkylation sites (tertiary alicyclic amines) is 1. The molecule has 0 saturated carbocycles. The third-order valence-electron chi connectivity index (χ3n) is 3.95. The Bertz CT molecular complexity index is 428. The maximum atomic E-state index is 12.1. The second-order valence-corrected chi connectivity index (χ2v) is 6.54. The first-order valence-electron chi connectivity index (χ1n) is 6.97. The second-order valence-electron chi connectivity index (χ2n) is 6.54. The lowest BCUT2D eigenvalue weighted by molar-refractivity contribution is 0.0227. The van der Waals surface area contributed by atoms with E-state index in [1.165, 1.54) is 0 Å². The standard InChI is InChI=1S/C13H22N4O3/c1-12(2,3)20-11(18)17-6-4-13(9-17)5-7-19-10(13)8-15-16-14/h10H,4-9H2,1-3H3. The smallest absolute Gasteiger partial charge is 0.410 e. The van der Waals surface area contributed by atoms with Crippen molar-refractivity contribution in [1.82, 2.24) is 4.90 Å². The minimum atomic E-state index is -0.483. The fraction of sp³-hybridized carbons (Fsp3) is 0.923. The number of ether oxygens (including phenoxy) is 2. The Hall–Kier alpha value is -1.46. The van der Waals surface area contributed by atoms with E-state index in [1.807, 2.05) is 20.8 Å². The molecule has 0 aliphatic carbocycles. The molecule has 7 heteroatoms. The zero-order valence-electron chi connectivity index (χ0n) is 12.3. The van der Waals surface area contributed by atoms with Gasteiger partial charge in [0.05, 0.1) is 12.6 Å². The van der Waals surface area contributed by atoms with Crippen molar-refractivity contribution in [3.8, 4) is 0 Å². The van der Waals surface area contributed by atoms with Gasteiger partial charge in [-0.15, -0.1) is 0 Å². The molecule has 2 heterocycles. The largest absolute Gasteiger partial charge is 0.444 e. The Labute approximate surface area is 118 Å². The molecule has 0 bridgehead atoms. The molecule has 0 N–H and O–H groups in total. The normalized spacial score (nSPS) is 29.6. The van der Waals surface area contributed by atoms with Crippen LogP contribution in [0, 0.1) is 5.41 Å². The van der Waals surface area contributed by atoms with Crippen LogP contribution in [0.5, 0.6) is 0 Å². The molecule has 7 nitrogen and oxygen atoms in total. The zero-order valence-corrected chi connectivity index (χ0v) is 12.3. The average molecular weight is 282 g/mol. The first-order valence-corrected chi connectivity index (χ1v) is 6.97. The van der Waals surface area contributed by atoms with Gasteiger partial charge in [-0.3, -0.25) is 0 Å². The maximum absolute atomic E-state index is 12.1. The van der Waals surface area contributed by atoms with E-state index in [9.17, 15) is 4.79 Å². The van der Waals surface area contributed by atoms with Crippen molar-refractivity contribution in [2.45, 2.75) is 45.3 Å². The Morgan fingerprint density at radius 1 is 1.55 bits per heavy atom. The van der Waals surface area contributed by atoms with Crippen molar-refractivity contribution in [3.63, 3.8) is 0 Å². The first kappa shape index (κ1) is 14.9. The van der Waals surface area contributed by atoms with E-state index in [2.05, 4.69) is 10.0 Å². The summed E-state index contributed by atoms with van der Waals surface area (Å²) in [6.07, 6.45) is 1.41. The Morgan fingerprint density at radius 2 is 2.30 bits per heavy atom. The van der Waals surface area contributed by atoms with E-state index < -0.39 is 5.60 Å². The van der Waals surface area contributed by atoms with Gasteiger partial charge in [-0.2, -0.15) is 0 Å². The van der Waals surface area contributed by atoms with E-state index in [0.717, 1.165) is 12.8 Å². The maximum Gasteiger partial charge on any atom is 0.410 e. The van der Waals surface area contributed by atoms with Crippen molar-refractivity contribution >= 4 is 6.09 Å². The summed E-state index contributed by atoms with van der Waals surface area (Å²) in [6.45, 7) is 7.87. The second kappa shape index (κ2) is 5.50. The van der Waals surface area contributed by atoms with Gasteiger partial charge in [-0.25, -0.2) is 4.79 Å². The van der Waals surface area contributed by atoms with Crippen LogP contribution in [0.4, 0.5) is 4.79 Å². The zero-order chi connectivity index (χ0) is 14.8. The highest BCUT2D eigenvalue weighted by Crippen LogP contribution is 2.43. The molecule has 0 radical (unpaired) electrons. The van der Waals surface area contributed by atoms with Crippen molar-refractivity contribution in [2.75, 3.05) is 26.2 Å². The third kappa shape index (κ3) is 3.16. The minimum Gasteiger partial charge on any atom is -0.444 e. The number of nitrogens with zero attached hydrogens (tertiary/aromatic N) is 4. The molecule has 1 spiro atoms. The Balaban J connectivity index is 2.00. The molecule has 2 atom stereocenters. The van der Waals surface area contributed by atoms with Gasteiger partial charge in [-0.1, -0.05) is 5.11 Å². The predicted molar refractivity (Wildman–Crippen MR) is 73.2 cm³/mol. The topological polar surface area (TPSA) is 87.5 Å². The van der Waals surface area contributed by atoms with E-state index >= 15 is 0 Å².